The number of ether oxygens (including phenoxy) is 1. The number of nitrogens with one attached hydrogen (secondary N) is 1. The van der Waals surface area contributed by atoms with Crippen LogP contribution in [0.5, 0.6) is 0 Å². The van der Waals surface area contributed by atoms with Crippen molar-refractivity contribution in [3.8, 4) is 11.5 Å². The van der Waals surface area contributed by atoms with Crippen LogP contribution < -0.4 is 10.2 Å². The Hall–Kier alpha value is -2.41. The van der Waals surface area contributed by atoms with Crippen molar-refractivity contribution >= 4 is 16.7 Å². The number of fused-ring (bicyclic) bond motifs is 2. The van der Waals surface area contributed by atoms with Gasteiger partial charge in [-0.15, -0.1) is 0 Å². The Balaban J connectivity index is 1.39. The maximum absolute atomic E-state index is 6.10. The molecule has 2 aliphatic heterocycles. The van der Waals surface area contributed by atoms with Crippen molar-refractivity contribution in [2.45, 2.75) is 38.3 Å². The monoisotopic (exact) mass is 434 g/mol. The van der Waals surface area contributed by atoms with Gasteiger partial charge < -0.3 is 19.4 Å². The Labute approximate surface area is 190 Å². The number of hydrogen-bond donors (Lipinski definition) is 1. The minimum atomic E-state index is 0.0808. The van der Waals surface area contributed by atoms with Crippen LogP contribution in [0.3, 0.4) is 0 Å². The van der Waals surface area contributed by atoms with Gasteiger partial charge in [0.25, 0.3) is 0 Å². The summed E-state index contributed by atoms with van der Waals surface area (Å²) in [5.74, 6) is 0.828. The quantitative estimate of drug-likeness (QED) is 0.635. The van der Waals surface area contributed by atoms with Crippen LogP contribution in [-0.2, 0) is 10.2 Å². The van der Waals surface area contributed by atoms with Gasteiger partial charge in [0.1, 0.15) is 11.3 Å². The maximum atomic E-state index is 6.10. The molecule has 2 atom stereocenters. The molecule has 0 radical (unpaired) electrons. The molecule has 0 unspecified atom stereocenters. The zero-order chi connectivity index (χ0) is 22.3. The summed E-state index contributed by atoms with van der Waals surface area (Å²) in [5.41, 5.74) is 4.48. The van der Waals surface area contributed by atoms with Crippen LogP contribution in [-0.4, -0.2) is 68.4 Å². The third-order valence-electron chi connectivity index (χ3n) is 6.96. The summed E-state index contributed by atoms with van der Waals surface area (Å²) in [5, 5.41) is 4.70. The Morgan fingerprint density at radius 2 is 2.06 bits per heavy atom. The Bertz CT molecular complexity index is 1060. The molecule has 4 heterocycles. The summed E-state index contributed by atoms with van der Waals surface area (Å²) >= 11 is 0. The van der Waals surface area contributed by atoms with Crippen molar-refractivity contribution in [3.63, 3.8) is 0 Å². The molecule has 32 heavy (non-hydrogen) atoms. The molecule has 0 bridgehead atoms. The number of aromatic nitrogens is 1. The smallest absolute Gasteiger partial charge is 0.153 e. The van der Waals surface area contributed by atoms with Crippen molar-refractivity contribution in [2.24, 2.45) is 0 Å². The summed E-state index contributed by atoms with van der Waals surface area (Å²) in [6.07, 6.45) is 2.05. The van der Waals surface area contributed by atoms with Gasteiger partial charge in [0.2, 0.25) is 0 Å². The van der Waals surface area contributed by atoms with E-state index in [9.17, 15) is 0 Å². The molecule has 3 aromatic rings. The topological polar surface area (TPSA) is 53.8 Å². The Morgan fingerprint density at radius 1 is 1.22 bits per heavy atom. The van der Waals surface area contributed by atoms with E-state index in [0.717, 1.165) is 61.8 Å². The lowest BCUT2D eigenvalue weighted by Gasteiger charge is -2.40. The Kier molecular flexibility index (Phi) is 5.70. The molecule has 1 fully saturated rings. The van der Waals surface area contributed by atoms with E-state index in [1.807, 2.05) is 18.2 Å². The number of nitrogens with zero attached hydrogens (tertiary/aromatic N) is 3. The molecule has 0 aliphatic carbocycles. The van der Waals surface area contributed by atoms with E-state index in [1.54, 1.807) is 7.11 Å². The van der Waals surface area contributed by atoms with Gasteiger partial charge in [-0.1, -0.05) is 32.0 Å². The van der Waals surface area contributed by atoms with Crippen LogP contribution in [0.4, 0.5) is 5.69 Å². The number of pyridine rings is 1. The first-order valence-corrected chi connectivity index (χ1v) is 11.7. The fourth-order valence-corrected chi connectivity index (χ4v) is 5.23. The van der Waals surface area contributed by atoms with E-state index in [-0.39, 0.29) is 5.41 Å². The molecule has 6 nitrogen and oxygen atoms in total. The number of rotatable bonds is 6. The van der Waals surface area contributed by atoms with Crippen molar-refractivity contribution in [3.05, 3.63) is 48.2 Å². The second kappa shape index (κ2) is 8.50. The third-order valence-corrected chi connectivity index (χ3v) is 6.96. The highest BCUT2D eigenvalue weighted by molar-refractivity contribution is 5.82. The maximum Gasteiger partial charge on any atom is 0.153 e. The van der Waals surface area contributed by atoms with Crippen LogP contribution in [0.1, 0.15) is 26.3 Å². The molecule has 2 aromatic heterocycles. The molecule has 0 saturated carbocycles. The van der Waals surface area contributed by atoms with Gasteiger partial charge in [-0.05, 0) is 25.1 Å². The van der Waals surface area contributed by atoms with Gasteiger partial charge in [-0.25, -0.2) is 0 Å². The zero-order valence-corrected chi connectivity index (χ0v) is 19.6. The van der Waals surface area contributed by atoms with Crippen LogP contribution in [0.15, 0.2) is 47.0 Å². The lowest BCUT2D eigenvalue weighted by molar-refractivity contribution is 0.0630. The fraction of sp³-hybridized carbons (Fsp3) is 0.500. The highest BCUT2D eigenvalue weighted by atomic mass is 16.5. The first-order chi connectivity index (χ1) is 15.4. The highest BCUT2D eigenvalue weighted by Crippen LogP contribution is 2.42. The molecule has 2 aliphatic rings. The average molecular weight is 435 g/mol. The van der Waals surface area contributed by atoms with Gasteiger partial charge in [-0.3, -0.25) is 9.88 Å². The normalized spacial score (nSPS) is 23.1. The van der Waals surface area contributed by atoms with Crippen LogP contribution in [0, 0.1) is 0 Å². The molecular formula is C26H34N4O2. The minimum Gasteiger partial charge on any atom is -0.454 e. The second-order valence-corrected chi connectivity index (χ2v) is 9.95. The lowest BCUT2D eigenvalue weighted by atomic mass is 9.88. The van der Waals surface area contributed by atoms with E-state index in [2.05, 4.69) is 60.3 Å². The standard InChI is InChI=1S/C26H34N4O2/c1-18-15-29(20(13-27-18)16-31-4)9-10-30-17-26(2,3)21-14-28-22(12-23(21)30)25-11-19-7-5-6-8-24(19)32-25/h5-8,11-12,14,18,20,27H,9-10,13,15-17H2,1-4H3/t18-,20-/m1/s1. The van der Waals surface area contributed by atoms with Crippen LogP contribution in [0.2, 0.25) is 0 Å². The lowest BCUT2D eigenvalue weighted by Crippen LogP contribution is -2.58. The number of piperazine rings is 1. The molecule has 5 rings (SSSR count). The molecule has 0 spiro atoms. The fourth-order valence-electron chi connectivity index (χ4n) is 5.23. The molecule has 170 valence electrons. The average Bonchev–Trinajstić information content (AvgIpc) is 3.32. The van der Waals surface area contributed by atoms with Crippen molar-refractivity contribution in [1.29, 1.82) is 0 Å². The number of methoxy groups -OCH3 is 1. The summed E-state index contributed by atoms with van der Waals surface area (Å²) in [6, 6.07) is 13.4. The van der Waals surface area contributed by atoms with Gasteiger partial charge in [0, 0.05) is 80.2 Å². The van der Waals surface area contributed by atoms with E-state index < -0.39 is 0 Å². The molecule has 1 N–H and O–H groups in total. The predicted molar refractivity (Wildman–Crippen MR) is 129 cm³/mol. The zero-order valence-electron chi connectivity index (χ0n) is 19.6. The highest BCUT2D eigenvalue weighted by Gasteiger charge is 2.36. The number of anilines is 1. The summed E-state index contributed by atoms with van der Waals surface area (Å²) in [7, 11) is 1.79. The van der Waals surface area contributed by atoms with E-state index >= 15 is 0 Å². The summed E-state index contributed by atoms with van der Waals surface area (Å²) < 4.78 is 11.6. The SMILES string of the molecule is COC[C@H]1CN[C@H](C)CN1CCN1CC(C)(C)c2cnc(-c3cc4ccccc4o3)cc21. The molecule has 1 aromatic carbocycles. The van der Waals surface area contributed by atoms with E-state index in [1.165, 1.54) is 11.3 Å². The minimum absolute atomic E-state index is 0.0808. The summed E-state index contributed by atoms with van der Waals surface area (Å²) in [4.78, 5) is 9.89. The van der Waals surface area contributed by atoms with Crippen molar-refractivity contribution < 1.29 is 9.15 Å². The predicted octanol–water partition coefficient (Wildman–Crippen LogP) is 3.90. The molecule has 0 amide bonds. The van der Waals surface area contributed by atoms with Crippen molar-refractivity contribution in [2.75, 3.05) is 51.3 Å². The number of para-hydroxylation sites is 1. The first-order valence-electron chi connectivity index (χ1n) is 11.7. The first kappa shape index (κ1) is 21.4. The third kappa shape index (κ3) is 4.03. The van der Waals surface area contributed by atoms with Gasteiger partial charge in [0.15, 0.2) is 5.76 Å². The summed E-state index contributed by atoms with van der Waals surface area (Å²) in [6.45, 7) is 12.7. The molecule has 1 saturated heterocycles. The van der Waals surface area contributed by atoms with Crippen LogP contribution >= 0.6 is 0 Å². The largest absolute Gasteiger partial charge is 0.454 e. The molecule has 6 heteroatoms. The van der Waals surface area contributed by atoms with E-state index in [4.69, 9.17) is 14.1 Å². The van der Waals surface area contributed by atoms with Crippen LogP contribution in [0.25, 0.3) is 22.4 Å². The van der Waals surface area contributed by atoms with Gasteiger partial charge in [0.05, 0.1) is 6.61 Å². The second-order valence-electron chi connectivity index (χ2n) is 9.95. The van der Waals surface area contributed by atoms with Gasteiger partial charge in [-0.2, -0.15) is 0 Å². The van der Waals surface area contributed by atoms with Gasteiger partial charge >= 0.3 is 0 Å². The van der Waals surface area contributed by atoms with E-state index in [0.29, 0.717) is 12.1 Å². The number of furan rings is 1. The number of hydrogen-bond acceptors (Lipinski definition) is 6. The van der Waals surface area contributed by atoms with Crippen molar-refractivity contribution in [1.82, 2.24) is 15.2 Å². The Morgan fingerprint density at radius 3 is 2.88 bits per heavy atom. The number of benzene rings is 1. The molecular weight excluding hydrogens is 400 g/mol.